The maximum atomic E-state index is 4.80. The minimum Gasteiger partial charge on any atom is -0.348 e. The average molecular weight is 267 g/mol. The molecule has 1 fully saturated rings. The lowest BCUT2D eigenvalue weighted by atomic mass is 10.1. The highest BCUT2D eigenvalue weighted by atomic mass is 32.1. The van der Waals surface area contributed by atoms with Gasteiger partial charge in [0.25, 0.3) is 0 Å². The lowest BCUT2D eigenvalue weighted by Gasteiger charge is -2.15. The second kappa shape index (κ2) is 6.53. The molecule has 1 aromatic rings. The van der Waals surface area contributed by atoms with Gasteiger partial charge in [-0.3, -0.25) is 0 Å². The largest absolute Gasteiger partial charge is 0.348 e. The van der Waals surface area contributed by atoms with Crippen molar-refractivity contribution in [2.24, 2.45) is 5.92 Å². The number of anilines is 1. The number of aromatic nitrogens is 1. The molecule has 18 heavy (non-hydrogen) atoms. The molecule has 0 bridgehead atoms. The van der Waals surface area contributed by atoms with E-state index in [1.807, 2.05) is 0 Å². The van der Waals surface area contributed by atoms with Crippen molar-refractivity contribution in [3.63, 3.8) is 0 Å². The first-order valence-electron chi connectivity index (χ1n) is 7.18. The van der Waals surface area contributed by atoms with E-state index < -0.39 is 0 Å². The fourth-order valence-corrected chi connectivity index (χ4v) is 3.38. The summed E-state index contributed by atoms with van der Waals surface area (Å²) in [5.74, 6) is 0.869. The first kappa shape index (κ1) is 13.8. The van der Waals surface area contributed by atoms with Crippen LogP contribution in [0.15, 0.2) is 5.38 Å². The summed E-state index contributed by atoms with van der Waals surface area (Å²) in [7, 11) is 0. The molecule has 102 valence electrons. The molecule has 2 rings (SSSR count). The van der Waals surface area contributed by atoms with Crippen molar-refractivity contribution >= 4 is 16.5 Å². The average Bonchev–Trinajstić information content (AvgIpc) is 3.03. The summed E-state index contributed by atoms with van der Waals surface area (Å²) in [5, 5.41) is 6.92. The lowest BCUT2D eigenvalue weighted by Crippen LogP contribution is -2.21. The maximum absolute atomic E-state index is 4.80. The van der Waals surface area contributed by atoms with E-state index in [-0.39, 0.29) is 0 Å². The fourth-order valence-electron chi connectivity index (χ4n) is 2.43. The van der Waals surface area contributed by atoms with Crippen molar-refractivity contribution in [3.8, 4) is 0 Å². The number of hydrogen-bond acceptors (Lipinski definition) is 4. The number of rotatable bonds is 6. The van der Waals surface area contributed by atoms with Crippen LogP contribution in [0, 0.1) is 5.92 Å². The third-order valence-corrected chi connectivity index (χ3v) is 4.71. The zero-order valence-corrected chi connectivity index (χ0v) is 12.6. The van der Waals surface area contributed by atoms with E-state index in [1.54, 1.807) is 11.3 Å². The molecule has 1 aliphatic heterocycles. The van der Waals surface area contributed by atoms with Gasteiger partial charge < -0.3 is 10.2 Å². The van der Waals surface area contributed by atoms with Crippen molar-refractivity contribution in [2.75, 3.05) is 24.5 Å². The van der Waals surface area contributed by atoms with Gasteiger partial charge in [0.1, 0.15) is 0 Å². The van der Waals surface area contributed by atoms with Crippen LogP contribution in [0.1, 0.15) is 51.8 Å². The Bertz CT molecular complexity index is 364. The van der Waals surface area contributed by atoms with E-state index >= 15 is 0 Å². The lowest BCUT2D eigenvalue weighted by molar-refractivity contribution is 0.559. The van der Waals surface area contributed by atoms with Crippen molar-refractivity contribution in [1.29, 1.82) is 0 Å². The predicted octanol–water partition coefficient (Wildman–Crippen LogP) is 3.44. The van der Waals surface area contributed by atoms with Crippen molar-refractivity contribution in [2.45, 2.75) is 46.1 Å². The molecule has 4 heteroatoms. The molecule has 2 heterocycles. The molecule has 1 saturated heterocycles. The summed E-state index contributed by atoms with van der Waals surface area (Å²) < 4.78 is 0. The van der Waals surface area contributed by atoms with E-state index in [0.29, 0.717) is 6.04 Å². The Hall–Kier alpha value is -0.610. The summed E-state index contributed by atoms with van der Waals surface area (Å²) in [4.78, 5) is 7.25. The smallest absolute Gasteiger partial charge is 0.185 e. The molecule has 3 nitrogen and oxygen atoms in total. The van der Waals surface area contributed by atoms with Gasteiger partial charge in [0.2, 0.25) is 0 Å². The summed E-state index contributed by atoms with van der Waals surface area (Å²) >= 11 is 1.80. The first-order valence-corrected chi connectivity index (χ1v) is 8.06. The molecule has 2 atom stereocenters. The molecular weight excluding hydrogens is 242 g/mol. The van der Waals surface area contributed by atoms with Gasteiger partial charge >= 0.3 is 0 Å². The van der Waals surface area contributed by atoms with Gasteiger partial charge in [-0.15, -0.1) is 11.3 Å². The summed E-state index contributed by atoms with van der Waals surface area (Å²) in [6.07, 6.45) is 3.80. The summed E-state index contributed by atoms with van der Waals surface area (Å²) in [6.45, 7) is 10.1. The van der Waals surface area contributed by atoms with E-state index in [9.17, 15) is 0 Å². The van der Waals surface area contributed by atoms with Crippen LogP contribution in [0.5, 0.6) is 0 Å². The molecule has 0 aliphatic carbocycles. The minimum absolute atomic E-state index is 0.375. The molecule has 1 aliphatic rings. The van der Waals surface area contributed by atoms with E-state index in [0.717, 1.165) is 12.5 Å². The normalized spacial score (nSPS) is 21.5. The van der Waals surface area contributed by atoms with Gasteiger partial charge in [-0.1, -0.05) is 20.3 Å². The maximum Gasteiger partial charge on any atom is 0.185 e. The molecule has 0 spiro atoms. The molecule has 0 aromatic carbocycles. The van der Waals surface area contributed by atoms with Crippen LogP contribution in [0.3, 0.4) is 0 Å². The highest BCUT2D eigenvalue weighted by Crippen LogP contribution is 2.29. The third-order valence-electron chi connectivity index (χ3n) is 3.79. The molecule has 0 radical (unpaired) electrons. The van der Waals surface area contributed by atoms with Gasteiger partial charge in [-0.05, 0) is 32.2 Å². The Morgan fingerprint density at radius 1 is 1.56 bits per heavy atom. The quantitative estimate of drug-likeness (QED) is 0.856. The molecule has 0 saturated carbocycles. The second-order valence-electron chi connectivity index (χ2n) is 5.24. The van der Waals surface area contributed by atoms with E-state index in [1.165, 1.54) is 43.2 Å². The van der Waals surface area contributed by atoms with Gasteiger partial charge in [0.15, 0.2) is 5.13 Å². The molecular formula is C14H25N3S. The zero-order valence-electron chi connectivity index (χ0n) is 11.8. The second-order valence-corrected chi connectivity index (χ2v) is 6.08. The summed E-state index contributed by atoms with van der Waals surface area (Å²) in [6, 6.07) is 0.375. The van der Waals surface area contributed by atoms with Gasteiger partial charge in [0, 0.05) is 24.5 Å². The number of hydrogen-bond donors (Lipinski definition) is 1. The predicted molar refractivity (Wildman–Crippen MR) is 79.4 cm³/mol. The van der Waals surface area contributed by atoms with E-state index in [4.69, 9.17) is 4.98 Å². The summed E-state index contributed by atoms with van der Waals surface area (Å²) in [5.41, 5.74) is 1.20. The van der Waals surface area contributed by atoms with Crippen molar-refractivity contribution in [3.05, 3.63) is 11.1 Å². The SMILES string of the molecule is CCCNC(C)c1csc(N2CCC(CC)C2)n1. The standard InChI is InChI=1S/C14H25N3S/c1-4-7-15-11(3)13-10-18-14(16-13)17-8-6-12(5-2)9-17/h10-12,15H,4-9H2,1-3H3. The van der Waals surface area contributed by atoms with Crippen LogP contribution in [-0.4, -0.2) is 24.6 Å². The van der Waals surface area contributed by atoms with Gasteiger partial charge in [-0.2, -0.15) is 0 Å². The number of nitrogens with one attached hydrogen (secondary N) is 1. The van der Waals surface area contributed by atoms with Crippen LogP contribution in [0.25, 0.3) is 0 Å². The molecule has 2 unspecified atom stereocenters. The molecule has 0 amide bonds. The fraction of sp³-hybridized carbons (Fsp3) is 0.786. The monoisotopic (exact) mass is 267 g/mol. The third kappa shape index (κ3) is 3.23. The van der Waals surface area contributed by atoms with Gasteiger partial charge in [-0.25, -0.2) is 4.98 Å². The Morgan fingerprint density at radius 3 is 3.06 bits per heavy atom. The highest BCUT2D eigenvalue weighted by molar-refractivity contribution is 7.13. The minimum atomic E-state index is 0.375. The van der Waals surface area contributed by atoms with Crippen LogP contribution < -0.4 is 10.2 Å². The van der Waals surface area contributed by atoms with E-state index in [2.05, 4.69) is 36.4 Å². The van der Waals surface area contributed by atoms with Crippen LogP contribution in [0.2, 0.25) is 0 Å². The Balaban J connectivity index is 1.93. The molecule has 1 aromatic heterocycles. The number of nitrogens with zero attached hydrogens (tertiary/aromatic N) is 2. The molecule has 1 N–H and O–H groups in total. The highest BCUT2D eigenvalue weighted by Gasteiger charge is 2.23. The van der Waals surface area contributed by atoms with Crippen molar-refractivity contribution in [1.82, 2.24) is 10.3 Å². The van der Waals surface area contributed by atoms with Crippen molar-refractivity contribution < 1.29 is 0 Å². The van der Waals surface area contributed by atoms with Crippen LogP contribution in [-0.2, 0) is 0 Å². The first-order chi connectivity index (χ1) is 8.74. The Labute approximate surface area is 115 Å². The zero-order chi connectivity index (χ0) is 13.0. The van der Waals surface area contributed by atoms with Gasteiger partial charge in [0.05, 0.1) is 5.69 Å². The topological polar surface area (TPSA) is 28.2 Å². The Kier molecular flexibility index (Phi) is 5.01. The van der Waals surface area contributed by atoms with Crippen LogP contribution >= 0.6 is 11.3 Å². The Morgan fingerprint density at radius 2 is 2.39 bits per heavy atom. The van der Waals surface area contributed by atoms with Crippen LogP contribution in [0.4, 0.5) is 5.13 Å². The number of thiazole rings is 1.